The van der Waals surface area contributed by atoms with E-state index in [1.54, 1.807) is 50.5 Å². The van der Waals surface area contributed by atoms with Gasteiger partial charge in [-0.1, -0.05) is 0 Å². The zero-order chi connectivity index (χ0) is 18.7. The van der Waals surface area contributed by atoms with Crippen LogP contribution in [-0.2, 0) is 0 Å². The number of benzene rings is 1. The number of hydrogen-bond acceptors (Lipinski definition) is 5. The van der Waals surface area contributed by atoms with Crippen LogP contribution >= 0.6 is 0 Å². The largest absolute Gasteiger partial charge is 0.438 e. The van der Waals surface area contributed by atoms with Crippen LogP contribution in [-0.4, -0.2) is 26.6 Å². The summed E-state index contributed by atoms with van der Waals surface area (Å²) in [6, 6.07) is 6.89. The van der Waals surface area contributed by atoms with Crippen molar-refractivity contribution in [2.24, 2.45) is 0 Å². The van der Waals surface area contributed by atoms with Crippen LogP contribution < -0.4 is 10.1 Å². The summed E-state index contributed by atoms with van der Waals surface area (Å²) in [7, 11) is 0. The molecule has 2 aromatic heterocycles. The van der Waals surface area contributed by atoms with E-state index in [9.17, 15) is 9.59 Å². The molecule has 0 atom stereocenters. The third-order valence-electron chi connectivity index (χ3n) is 3.89. The van der Waals surface area contributed by atoms with Gasteiger partial charge in [-0.05, 0) is 50.6 Å². The second-order valence-corrected chi connectivity index (χ2v) is 5.81. The Morgan fingerprint density at radius 1 is 1.12 bits per heavy atom. The van der Waals surface area contributed by atoms with Crippen molar-refractivity contribution in [1.82, 2.24) is 15.0 Å². The maximum atomic E-state index is 12.5. The lowest BCUT2D eigenvalue weighted by atomic mass is 10.1. The maximum Gasteiger partial charge on any atom is 0.272 e. The minimum absolute atomic E-state index is 0.0687. The fourth-order valence-corrected chi connectivity index (χ4v) is 2.76. The molecule has 0 unspecified atom stereocenters. The number of nitrogens with zero attached hydrogens (tertiary/aromatic N) is 2. The molecule has 3 aromatic rings. The lowest BCUT2D eigenvalue weighted by Gasteiger charge is -2.07. The number of aromatic nitrogens is 3. The average molecular weight is 350 g/mol. The number of Topliss-reactive ketones (excluding diaryl/α,β-unsaturated/α-hetero) is 1. The first kappa shape index (κ1) is 17.3. The van der Waals surface area contributed by atoms with Gasteiger partial charge in [-0.2, -0.15) is 0 Å². The molecule has 0 aliphatic rings. The molecule has 0 bridgehead atoms. The summed E-state index contributed by atoms with van der Waals surface area (Å²) in [6.07, 6.45) is 4.62. The smallest absolute Gasteiger partial charge is 0.272 e. The Hall–Kier alpha value is -3.48. The van der Waals surface area contributed by atoms with Gasteiger partial charge in [0.25, 0.3) is 5.91 Å². The molecule has 3 rings (SSSR count). The number of nitrogens with one attached hydrogen (secondary N) is 2. The lowest BCUT2D eigenvalue weighted by molar-refractivity contribution is 0.101. The summed E-state index contributed by atoms with van der Waals surface area (Å²) < 4.78 is 5.56. The number of ketones is 1. The van der Waals surface area contributed by atoms with Crippen LogP contribution in [0, 0.1) is 13.8 Å². The van der Waals surface area contributed by atoms with Crippen molar-refractivity contribution in [2.45, 2.75) is 20.8 Å². The Morgan fingerprint density at radius 3 is 2.42 bits per heavy atom. The number of anilines is 1. The van der Waals surface area contributed by atoms with Gasteiger partial charge in [-0.15, -0.1) is 0 Å². The Morgan fingerprint density at radius 2 is 1.85 bits per heavy atom. The molecule has 0 radical (unpaired) electrons. The zero-order valence-electron chi connectivity index (χ0n) is 14.7. The SMILES string of the molecule is CC(=O)c1c(C)[nH]c(C(=O)Nc2ccc(Oc3cnccn3)cc2)c1C. The van der Waals surface area contributed by atoms with Crippen LogP contribution in [0.1, 0.15) is 39.0 Å². The Bertz CT molecular complexity index is 947. The molecular weight excluding hydrogens is 332 g/mol. The summed E-state index contributed by atoms with van der Waals surface area (Å²) in [5.41, 5.74) is 2.89. The summed E-state index contributed by atoms with van der Waals surface area (Å²) in [4.78, 5) is 35.1. The Labute approximate surface area is 150 Å². The third-order valence-corrected chi connectivity index (χ3v) is 3.89. The van der Waals surface area contributed by atoms with E-state index in [4.69, 9.17) is 4.74 Å². The van der Waals surface area contributed by atoms with Crippen LogP contribution in [0.2, 0.25) is 0 Å². The van der Waals surface area contributed by atoms with Crippen molar-refractivity contribution in [3.05, 3.63) is 65.4 Å². The fraction of sp³-hybridized carbons (Fsp3) is 0.158. The first-order valence-corrected chi connectivity index (χ1v) is 8.01. The van der Waals surface area contributed by atoms with Gasteiger partial charge in [-0.3, -0.25) is 14.6 Å². The average Bonchev–Trinajstić information content (AvgIpc) is 2.92. The number of hydrogen-bond donors (Lipinski definition) is 2. The molecule has 0 spiro atoms. The number of ether oxygens (including phenoxy) is 1. The van der Waals surface area contributed by atoms with Crippen LogP contribution in [0.25, 0.3) is 0 Å². The van der Waals surface area contributed by atoms with Crippen LogP contribution in [0.4, 0.5) is 5.69 Å². The quantitative estimate of drug-likeness (QED) is 0.684. The number of rotatable bonds is 5. The highest BCUT2D eigenvalue weighted by Gasteiger charge is 2.19. The van der Waals surface area contributed by atoms with Gasteiger partial charge in [0.05, 0.1) is 6.20 Å². The minimum atomic E-state index is -0.305. The molecule has 2 N–H and O–H groups in total. The summed E-state index contributed by atoms with van der Waals surface area (Å²) in [5, 5.41) is 2.80. The number of aromatic amines is 1. The molecular formula is C19H18N4O3. The van der Waals surface area contributed by atoms with Crippen molar-refractivity contribution in [1.29, 1.82) is 0 Å². The minimum Gasteiger partial charge on any atom is -0.438 e. The molecule has 7 heteroatoms. The molecule has 0 fully saturated rings. The molecule has 0 aliphatic carbocycles. The van der Waals surface area contributed by atoms with Crippen LogP contribution in [0.15, 0.2) is 42.9 Å². The predicted octanol–water partition coefficient (Wildman–Crippen LogP) is 3.67. The fourth-order valence-electron chi connectivity index (χ4n) is 2.76. The standard InChI is InChI=1S/C19H18N4O3/c1-11-17(13(3)24)12(2)22-18(11)19(25)23-14-4-6-15(7-5-14)26-16-10-20-8-9-21-16/h4-10,22H,1-3H3,(H,23,25). The lowest BCUT2D eigenvalue weighted by Crippen LogP contribution is -2.13. The Balaban J connectivity index is 1.72. The van der Waals surface area contributed by atoms with Gasteiger partial charge < -0.3 is 15.0 Å². The molecule has 26 heavy (non-hydrogen) atoms. The number of aryl methyl sites for hydroxylation is 1. The molecule has 2 heterocycles. The molecule has 1 aromatic carbocycles. The highest BCUT2D eigenvalue weighted by atomic mass is 16.5. The number of amides is 1. The second kappa shape index (κ2) is 7.18. The van der Waals surface area contributed by atoms with Crippen molar-refractivity contribution in [3.8, 4) is 11.6 Å². The van der Waals surface area contributed by atoms with Gasteiger partial charge in [0.15, 0.2) is 5.78 Å². The van der Waals surface area contributed by atoms with Crippen molar-refractivity contribution in [2.75, 3.05) is 5.32 Å². The molecule has 1 amide bonds. The Kier molecular flexibility index (Phi) is 4.79. The molecule has 0 saturated carbocycles. The van der Waals surface area contributed by atoms with Crippen molar-refractivity contribution >= 4 is 17.4 Å². The topological polar surface area (TPSA) is 97.0 Å². The van der Waals surface area contributed by atoms with Gasteiger partial charge >= 0.3 is 0 Å². The molecule has 0 aliphatic heterocycles. The monoisotopic (exact) mass is 350 g/mol. The van der Waals surface area contributed by atoms with Gasteiger partial charge in [0, 0.05) is 29.3 Å². The van der Waals surface area contributed by atoms with E-state index in [0.29, 0.717) is 39.8 Å². The first-order valence-electron chi connectivity index (χ1n) is 8.01. The normalized spacial score (nSPS) is 10.4. The number of carbonyl (C=O) groups is 2. The first-order chi connectivity index (χ1) is 12.5. The van der Waals surface area contributed by atoms with E-state index in [0.717, 1.165) is 0 Å². The van der Waals surface area contributed by atoms with E-state index >= 15 is 0 Å². The van der Waals surface area contributed by atoms with E-state index < -0.39 is 0 Å². The number of carbonyl (C=O) groups excluding carboxylic acids is 2. The number of H-pyrrole nitrogens is 1. The summed E-state index contributed by atoms with van der Waals surface area (Å²) in [5.74, 6) is 0.592. The summed E-state index contributed by atoms with van der Waals surface area (Å²) in [6.45, 7) is 5.02. The molecule has 7 nitrogen and oxygen atoms in total. The summed E-state index contributed by atoms with van der Waals surface area (Å²) >= 11 is 0. The third kappa shape index (κ3) is 3.61. The van der Waals surface area contributed by atoms with Crippen LogP contribution in [0.5, 0.6) is 11.6 Å². The van der Waals surface area contributed by atoms with Crippen LogP contribution in [0.3, 0.4) is 0 Å². The van der Waals surface area contributed by atoms with E-state index in [1.807, 2.05) is 0 Å². The molecule has 0 saturated heterocycles. The second-order valence-electron chi connectivity index (χ2n) is 5.81. The van der Waals surface area contributed by atoms with E-state index in [-0.39, 0.29) is 11.7 Å². The van der Waals surface area contributed by atoms with Gasteiger partial charge in [-0.25, -0.2) is 4.98 Å². The zero-order valence-corrected chi connectivity index (χ0v) is 14.7. The van der Waals surface area contributed by atoms with E-state index in [1.165, 1.54) is 13.1 Å². The highest BCUT2D eigenvalue weighted by molar-refractivity contribution is 6.07. The van der Waals surface area contributed by atoms with Gasteiger partial charge in [0.1, 0.15) is 11.4 Å². The van der Waals surface area contributed by atoms with Crippen molar-refractivity contribution in [3.63, 3.8) is 0 Å². The van der Waals surface area contributed by atoms with Crippen molar-refractivity contribution < 1.29 is 14.3 Å². The van der Waals surface area contributed by atoms with Gasteiger partial charge in [0.2, 0.25) is 5.88 Å². The van der Waals surface area contributed by atoms with E-state index in [2.05, 4.69) is 20.3 Å². The maximum absolute atomic E-state index is 12.5. The molecule has 132 valence electrons. The predicted molar refractivity (Wildman–Crippen MR) is 96.8 cm³/mol. The highest BCUT2D eigenvalue weighted by Crippen LogP contribution is 2.22.